The van der Waals surface area contributed by atoms with Crippen LogP contribution in [-0.4, -0.2) is 23.6 Å². The second kappa shape index (κ2) is 17.5. The molecule has 0 fully saturated rings. The van der Waals surface area contributed by atoms with Crippen LogP contribution in [0.25, 0.3) is 0 Å². The fraction of sp³-hybridized carbons (Fsp3) is 0.517. The summed E-state index contributed by atoms with van der Waals surface area (Å²) < 4.78 is 0. The molecule has 7 nitrogen and oxygen atoms in total. The fourth-order valence-electron chi connectivity index (χ4n) is 3.96. The van der Waals surface area contributed by atoms with E-state index in [4.69, 9.17) is 0 Å². The average molecular weight is 498 g/mol. The molecule has 0 aliphatic carbocycles. The maximum absolute atomic E-state index is 12.4. The zero-order valence-electron chi connectivity index (χ0n) is 21.9. The molecule has 0 spiro atoms. The maximum atomic E-state index is 12.4. The molecule has 0 saturated heterocycles. The van der Waals surface area contributed by atoms with E-state index in [-0.39, 0.29) is 5.91 Å². The summed E-state index contributed by atoms with van der Waals surface area (Å²) in [4.78, 5) is 27.9. The molecule has 36 heavy (non-hydrogen) atoms. The molecule has 0 bridgehead atoms. The zero-order valence-corrected chi connectivity index (χ0v) is 21.9. The molecule has 2 aromatic carbocycles. The van der Waals surface area contributed by atoms with Gasteiger partial charge in [-0.25, -0.2) is 4.79 Å². The summed E-state index contributed by atoms with van der Waals surface area (Å²) in [6, 6.07) is 14.7. The van der Waals surface area contributed by atoms with Crippen molar-refractivity contribution in [2.45, 2.75) is 91.1 Å². The lowest BCUT2D eigenvalue weighted by Crippen LogP contribution is -2.24. The third-order valence-corrected chi connectivity index (χ3v) is 6.06. The van der Waals surface area contributed by atoms with Gasteiger partial charge in [0.2, 0.25) is 0 Å². The molecule has 198 valence electrons. The van der Waals surface area contributed by atoms with Gasteiger partial charge in [0.05, 0.1) is 0 Å². The van der Waals surface area contributed by atoms with E-state index in [1.807, 2.05) is 36.4 Å². The van der Waals surface area contributed by atoms with Crippen molar-refractivity contribution in [2.75, 3.05) is 11.8 Å². The van der Waals surface area contributed by atoms with Crippen molar-refractivity contribution in [1.29, 1.82) is 0 Å². The molecule has 2 rings (SSSR count). The molecule has 2 aromatic rings. The average Bonchev–Trinajstić information content (AvgIpc) is 2.87. The topological polar surface area (TPSA) is 90.9 Å². The Hall–Kier alpha value is -2.90. The van der Waals surface area contributed by atoms with E-state index in [0.717, 1.165) is 24.1 Å². The third-order valence-electron chi connectivity index (χ3n) is 6.06. The van der Waals surface area contributed by atoms with E-state index in [2.05, 4.69) is 22.4 Å². The van der Waals surface area contributed by atoms with Gasteiger partial charge in [-0.05, 0) is 41.8 Å². The van der Waals surface area contributed by atoms with Crippen LogP contribution in [0.4, 0.5) is 5.69 Å². The number of nitrogens with one attached hydrogen (secondary N) is 2. The summed E-state index contributed by atoms with van der Waals surface area (Å²) in [6.45, 7) is 5.51. The molecule has 7 heteroatoms. The van der Waals surface area contributed by atoms with Gasteiger partial charge >= 0.3 is 5.97 Å². The van der Waals surface area contributed by atoms with Crippen molar-refractivity contribution in [2.24, 2.45) is 0 Å². The molecule has 1 amide bonds. The first-order valence-corrected chi connectivity index (χ1v) is 13.3. The van der Waals surface area contributed by atoms with Crippen molar-refractivity contribution >= 4 is 17.6 Å². The summed E-state index contributed by atoms with van der Waals surface area (Å²) in [5, 5.41) is 16.5. The largest absolute Gasteiger partial charge is 0.352 e. The van der Waals surface area contributed by atoms with Crippen LogP contribution in [0.15, 0.2) is 48.5 Å². The number of amides is 1. The van der Waals surface area contributed by atoms with Crippen LogP contribution >= 0.6 is 0 Å². The van der Waals surface area contributed by atoms with Crippen LogP contribution in [0.3, 0.4) is 0 Å². The van der Waals surface area contributed by atoms with Gasteiger partial charge in [0, 0.05) is 32.1 Å². The van der Waals surface area contributed by atoms with Crippen molar-refractivity contribution in [3.8, 4) is 0 Å². The monoisotopic (exact) mass is 497 g/mol. The summed E-state index contributed by atoms with van der Waals surface area (Å²) in [5.74, 6) is -0.613. The van der Waals surface area contributed by atoms with Gasteiger partial charge in [0.1, 0.15) is 5.69 Å². The molecular formula is C29H43N3O4. The normalized spacial score (nSPS) is 10.8. The Balaban J connectivity index is 1.58. The smallest absolute Gasteiger partial charge is 0.332 e. The quantitative estimate of drug-likeness (QED) is 0.165. The number of rotatable bonds is 18. The molecule has 0 atom stereocenters. The Morgan fingerprint density at radius 2 is 1.28 bits per heavy atom. The molecule has 0 aromatic heterocycles. The third kappa shape index (κ3) is 12.2. The summed E-state index contributed by atoms with van der Waals surface area (Å²) in [5.41, 5.74) is 3.17. The highest BCUT2D eigenvalue weighted by atomic mass is 16.9. The van der Waals surface area contributed by atoms with Gasteiger partial charge in [0.25, 0.3) is 5.91 Å². The number of anilines is 1. The highest BCUT2D eigenvalue weighted by molar-refractivity contribution is 5.94. The summed E-state index contributed by atoms with van der Waals surface area (Å²) in [6.07, 6.45) is 12.9. The lowest BCUT2D eigenvalue weighted by molar-refractivity contribution is -0.153. The van der Waals surface area contributed by atoms with Gasteiger partial charge in [0.15, 0.2) is 0 Å². The van der Waals surface area contributed by atoms with E-state index >= 15 is 0 Å². The molecule has 0 saturated carbocycles. The zero-order chi connectivity index (χ0) is 26.0. The van der Waals surface area contributed by atoms with Crippen LogP contribution < -0.4 is 15.9 Å². The van der Waals surface area contributed by atoms with Crippen molar-refractivity contribution in [3.05, 3.63) is 65.2 Å². The lowest BCUT2D eigenvalue weighted by Gasteiger charge is -2.14. The lowest BCUT2D eigenvalue weighted by atomic mass is 10.1. The van der Waals surface area contributed by atoms with Crippen LogP contribution in [0.1, 0.15) is 99.5 Å². The van der Waals surface area contributed by atoms with Crippen molar-refractivity contribution in [1.82, 2.24) is 10.6 Å². The first-order valence-electron chi connectivity index (χ1n) is 13.3. The second-order valence-electron chi connectivity index (χ2n) is 9.26. The standard InChI is InChI=1S/C29H43N3O4/c1-3-4-5-6-7-8-9-10-11-12-21-31-29(34)27-17-13-25(14-18-27)22-30-23-26-15-19-28(20-16-26)32(35)36-24(2)33/h13-20,30,35H,3-12,21-23H2,1-2H3,(H,31,34). The van der Waals surface area contributed by atoms with E-state index in [9.17, 15) is 14.8 Å². The minimum Gasteiger partial charge on any atom is -0.352 e. The van der Waals surface area contributed by atoms with Crippen LogP contribution in [0.5, 0.6) is 0 Å². The fourth-order valence-corrected chi connectivity index (χ4v) is 3.96. The maximum Gasteiger partial charge on any atom is 0.332 e. The van der Waals surface area contributed by atoms with Crippen LogP contribution in [-0.2, 0) is 22.7 Å². The number of carbonyl (C=O) groups excluding carboxylic acids is 2. The number of benzene rings is 2. The number of hydrogen-bond acceptors (Lipinski definition) is 6. The van der Waals surface area contributed by atoms with Gasteiger partial charge in [-0.15, -0.1) is 0 Å². The number of unbranched alkanes of at least 4 members (excludes halogenated alkanes) is 9. The van der Waals surface area contributed by atoms with E-state index in [0.29, 0.717) is 29.6 Å². The Kier molecular flexibility index (Phi) is 14.3. The molecule has 0 aliphatic rings. The van der Waals surface area contributed by atoms with E-state index in [1.165, 1.54) is 64.7 Å². The molecular weight excluding hydrogens is 454 g/mol. The summed E-state index contributed by atoms with van der Waals surface area (Å²) >= 11 is 0. The number of carbonyl (C=O) groups is 2. The van der Waals surface area contributed by atoms with E-state index in [1.54, 1.807) is 12.1 Å². The minimum absolute atomic E-state index is 0.0165. The molecule has 3 N–H and O–H groups in total. The second-order valence-corrected chi connectivity index (χ2v) is 9.26. The van der Waals surface area contributed by atoms with E-state index < -0.39 is 5.97 Å². The minimum atomic E-state index is -0.596. The van der Waals surface area contributed by atoms with Gasteiger partial charge in [-0.1, -0.05) is 94.2 Å². The molecule has 0 radical (unpaired) electrons. The number of nitrogens with zero attached hydrogens (tertiary/aromatic N) is 1. The SMILES string of the molecule is CCCCCCCCCCCCNC(=O)c1ccc(CNCc2ccc(N(O)OC(C)=O)cc2)cc1. The molecule has 0 aliphatic heterocycles. The molecule has 0 heterocycles. The predicted octanol–water partition coefficient (Wildman–Crippen LogP) is 6.30. The molecule has 0 unspecified atom stereocenters. The number of hydrogen-bond donors (Lipinski definition) is 3. The first kappa shape index (κ1) is 29.3. The van der Waals surface area contributed by atoms with Gasteiger partial charge < -0.3 is 15.5 Å². The van der Waals surface area contributed by atoms with Crippen LogP contribution in [0.2, 0.25) is 0 Å². The van der Waals surface area contributed by atoms with Crippen molar-refractivity contribution < 1.29 is 19.6 Å². The summed E-state index contributed by atoms with van der Waals surface area (Å²) in [7, 11) is 0. The Labute approximate surface area is 216 Å². The van der Waals surface area contributed by atoms with Gasteiger partial charge in [-0.3, -0.25) is 10.0 Å². The van der Waals surface area contributed by atoms with Crippen molar-refractivity contribution in [3.63, 3.8) is 0 Å². The first-order chi connectivity index (χ1) is 17.5. The Morgan fingerprint density at radius 3 is 1.81 bits per heavy atom. The highest BCUT2D eigenvalue weighted by Gasteiger charge is 2.07. The van der Waals surface area contributed by atoms with Crippen LogP contribution in [0, 0.1) is 0 Å². The van der Waals surface area contributed by atoms with Gasteiger partial charge in [-0.2, -0.15) is 0 Å². The highest BCUT2D eigenvalue weighted by Crippen LogP contribution is 2.14. The predicted molar refractivity (Wildman–Crippen MR) is 144 cm³/mol. The Morgan fingerprint density at radius 1 is 0.778 bits per heavy atom. The Bertz CT molecular complexity index is 884.